The summed E-state index contributed by atoms with van der Waals surface area (Å²) < 4.78 is 59.3. The minimum Gasteiger partial charge on any atom is -0.508 e. The molecule has 6 aromatic rings. The van der Waals surface area contributed by atoms with Gasteiger partial charge in [-0.3, -0.25) is 14.5 Å². The third-order valence-corrected chi connectivity index (χ3v) is 14.6. The number of phenolic OH excluding ortho intramolecular Hbond substituents is 1. The number of ether oxygens (including phenoxy) is 2. The molecule has 13 heteroatoms. The molecular formula is C50H49F3N6O3S. The molecule has 2 saturated heterocycles. The van der Waals surface area contributed by atoms with Crippen molar-refractivity contribution < 1.29 is 27.8 Å². The van der Waals surface area contributed by atoms with Crippen molar-refractivity contribution in [1.82, 2.24) is 19.7 Å². The van der Waals surface area contributed by atoms with Crippen LogP contribution in [-0.2, 0) is 0 Å². The number of nitrogens with zero attached hydrogens (tertiary/aromatic N) is 6. The van der Waals surface area contributed by atoms with Crippen LogP contribution in [0.4, 0.5) is 18.9 Å². The van der Waals surface area contributed by atoms with Crippen molar-refractivity contribution in [2.75, 3.05) is 44.2 Å². The fraction of sp³-hybridized carbons (Fsp3) is 0.340. The number of benzene rings is 4. The molecule has 3 atom stereocenters. The summed E-state index contributed by atoms with van der Waals surface area (Å²) in [5, 5.41) is 20.2. The van der Waals surface area contributed by atoms with Crippen LogP contribution in [-0.4, -0.2) is 69.8 Å². The second-order valence-electron chi connectivity index (χ2n) is 17.5. The molecule has 2 aromatic heterocycles. The number of piperidine rings is 1. The molecule has 9 nitrogen and oxygen atoms in total. The molecule has 0 aliphatic carbocycles. The molecule has 0 bridgehead atoms. The second-order valence-corrected chi connectivity index (χ2v) is 18.7. The summed E-state index contributed by atoms with van der Waals surface area (Å²) >= 11 is 1.78. The van der Waals surface area contributed by atoms with Gasteiger partial charge in [-0.1, -0.05) is 24.3 Å². The number of aryl methyl sites for hydroxylation is 2. The predicted octanol–water partition coefficient (Wildman–Crippen LogP) is 10.7. The smallest absolute Gasteiger partial charge is 0.162 e. The highest BCUT2D eigenvalue weighted by Gasteiger charge is 2.41. The van der Waals surface area contributed by atoms with Crippen molar-refractivity contribution in [2.24, 2.45) is 10.4 Å². The lowest BCUT2D eigenvalue weighted by molar-refractivity contribution is 0.0913. The fourth-order valence-electron chi connectivity index (χ4n) is 10.1. The molecule has 1 spiro atoms. The summed E-state index contributed by atoms with van der Waals surface area (Å²) in [5.41, 5.74) is 7.53. The van der Waals surface area contributed by atoms with E-state index in [0.717, 1.165) is 73.5 Å². The molecule has 2 fully saturated rings. The lowest BCUT2D eigenvalue weighted by Gasteiger charge is -2.40. The molecule has 4 aliphatic heterocycles. The van der Waals surface area contributed by atoms with Crippen LogP contribution < -0.4 is 14.4 Å². The number of fused-ring (bicyclic) bond motifs is 4. The van der Waals surface area contributed by atoms with Crippen LogP contribution in [0.5, 0.6) is 17.2 Å². The number of thiophene rings is 1. The van der Waals surface area contributed by atoms with Crippen LogP contribution in [0.15, 0.2) is 83.9 Å². The van der Waals surface area contributed by atoms with Crippen molar-refractivity contribution in [3.05, 3.63) is 146 Å². The third-order valence-electron chi connectivity index (χ3n) is 13.5. The molecule has 6 heterocycles. The van der Waals surface area contributed by atoms with Gasteiger partial charge in [0.15, 0.2) is 5.82 Å². The Bertz CT molecular complexity index is 2790. The van der Waals surface area contributed by atoms with Gasteiger partial charge in [-0.25, -0.2) is 13.2 Å². The van der Waals surface area contributed by atoms with Gasteiger partial charge in [0.05, 0.1) is 11.3 Å². The highest BCUT2D eigenvalue weighted by Crippen LogP contribution is 2.49. The van der Waals surface area contributed by atoms with Gasteiger partial charge in [-0.05, 0) is 120 Å². The number of halogens is 3. The van der Waals surface area contributed by atoms with Gasteiger partial charge < -0.3 is 19.5 Å². The summed E-state index contributed by atoms with van der Waals surface area (Å²) in [4.78, 5) is 11.6. The molecule has 10 rings (SSSR count). The topological polar surface area (TPSA) is 88.2 Å². The van der Waals surface area contributed by atoms with Crippen LogP contribution in [0.2, 0.25) is 0 Å². The largest absolute Gasteiger partial charge is 0.508 e. The first kappa shape index (κ1) is 41.1. The van der Waals surface area contributed by atoms with E-state index in [1.54, 1.807) is 24.3 Å². The van der Waals surface area contributed by atoms with Gasteiger partial charge in [0.25, 0.3) is 0 Å². The van der Waals surface area contributed by atoms with E-state index in [2.05, 4.69) is 69.6 Å². The minimum atomic E-state index is -1.03. The van der Waals surface area contributed by atoms with Gasteiger partial charge in [0.1, 0.15) is 64.3 Å². The molecule has 1 N–H and O–H groups in total. The standard InChI is InChI=1S/C50H49F3N6O3S/c1-28-31(4)63-49-44(28)46(54-30(3)48-56-55-32(5)59(48)49)33-7-11-36(12-8-33)58-20-18-50(27-58)17-6-19-57(26-50)21-22-61-38-14-9-34(10-15-38)47-43(45-40(52)23-35(51)24-41(45)53)29(2)39-25-37(60)13-16-42(39)62-47/h7-16,23-25,30,47,60H,6,17-22,26-27H2,1-5H3/t30-,47+,50-/m0/s1. The number of likely N-dealkylation sites (tertiary alicyclic amines) is 1. The SMILES string of the molecule is CC1=C(c2c(F)cc(F)cc2F)[C@@H](c2ccc(OCCN3CCC[C@]4(CCN(c5ccc(C6=N[C@@H](C)c7nnc(C)n7-c7sc(C)c(C)c76)cc5)C4)C3)cc2)Oc2ccc(O)cc21. The number of hydrogen-bond donors (Lipinski definition) is 1. The number of hydrogen-bond acceptors (Lipinski definition) is 9. The number of aromatic nitrogens is 3. The molecule has 0 saturated carbocycles. The fourth-order valence-corrected chi connectivity index (χ4v) is 11.3. The van der Waals surface area contributed by atoms with Crippen molar-refractivity contribution in [2.45, 2.75) is 66.0 Å². The van der Waals surface area contributed by atoms with E-state index in [1.165, 1.54) is 40.2 Å². The zero-order valence-corrected chi connectivity index (χ0v) is 36.8. The van der Waals surface area contributed by atoms with Gasteiger partial charge in [-0.15, -0.1) is 21.5 Å². The highest BCUT2D eigenvalue weighted by atomic mass is 32.1. The first-order chi connectivity index (χ1) is 30.4. The number of allylic oxidation sites excluding steroid dienone is 1. The van der Waals surface area contributed by atoms with Gasteiger partial charge in [0, 0.05) is 76.6 Å². The zero-order chi connectivity index (χ0) is 43.7. The summed E-state index contributed by atoms with van der Waals surface area (Å²) in [7, 11) is 0. The van der Waals surface area contributed by atoms with Gasteiger partial charge >= 0.3 is 0 Å². The Morgan fingerprint density at radius 2 is 1.63 bits per heavy atom. The predicted molar refractivity (Wildman–Crippen MR) is 241 cm³/mol. The lowest BCUT2D eigenvalue weighted by atomic mass is 9.79. The summed E-state index contributed by atoms with van der Waals surface area (Å²) in [6.07, 6.45) is 2.59. The Kier molecular flexibility index (Phi) is 10.4. The van der Waals surface area contributed by atoms with Crippen LogP contribution >= 0.6 is 11.3 Å². The number of phenols is 1. The number of aromatic hydroxyl groups is 1. The van der Waals surface area contributed by atoms with Crippen LogP contribution in [0.25, 0.3) is 16.1 Å². The Morgan fingerprint density at radius 1 is 0.873 bits per heavy atom. The Balaban J connectivity index is 0.789. The van der Waals surface area contributed by atoms with E-state index in [-0.39, 0.29) is 28.3 Å². The molecule has 4 aliphatic rings. The maximum absolute atomic E-state index is 15.3. The molecular weight excluding hydrogens is 822 g/mol. The lowest BCUT2D eigenvalue weighted by Crippen LogP contribution is -2.46. The van der Waals surface area contributed by atoms with E-state index >= 15 is 8.78 Å². The van der Waals surface area contributed by atoms with Crippen molar-refractivity contribution in [3.63, 3.8) is 0 Å². The van der Waals surface area contributed by atoms with Crippen LogP contribution in [0.3, 0.4) is 0 Å². The monoisotopic (exact) mass is 870 g/mol. The average Bonchev–Trinajstić information content (AvgIpc) is 3.92. The summed E-state index contributed by atoms with van der Waals surface area (Å²) in [5.74, 6) is -0.182. The first-order valence-electron chi connectivity index (χ1n) is 21.6. The molecule has 63 heavy (non-hydrogen) atoms. The quantitative estimate of drug-likeness (QED) is 0.163. The van der Waals surface area contributed by atoms with Crippen molar-refractivity contribution in [1.29, 1.82) is 0 Å². The van der Waals surface area contributed by atoms with Crippen molar-refractivity contribution in [3.8, 4) is 22.2 Å². The van der Waals surface area contributed by atoms with E-state index in [9.17, 15) is 9.50 Å². The Hall–Kier alpha value is -5.92. The maximum Gasteiger partial charge on any atom is 0.162 e. The molecule has 4 aromatic carbocycles. The second kappa shape index (κ2) is 16.0. The van der Waals surface area contributed by atoms with Crippen LogP contribution in [0.1, 0.15) is 95.2 Å². The maximum atomic E-state index is 15.3. The zero-order valence-electron chi connectivity index (χ0n) is 36.0. The third kappa shape index (κ3) is 7.38. The highest BCUT2D eigenvalue weighted by molar-refractivity contribution is 7.15. The number of anilines is 1. The van der Waals surface area contributed by atoms with E-state index < -0.39 is 23.6 Å². The Morgan fingerprint density at radius 3 is 2.40 bits per heavy atom. The number of aliphatic imine (C=N–C) groups is 1. The van der Waals surface area contributed by atoms with E-state index in [4.69, 9.17) is 14.5 Å². The van der Waals surface area contributed by atoms with E-state index in [0.29, 0.717) is 46.9 Å². The summed E-state index contributed by atoms with van der Waals surface area (Å²) in [6, 6.07) is 22.2. The molecule has 0 unspecified atom stereocenters. The normalized spacial score (nSPS) is 20.9. The van der Waals surface area contributed by atoms with Gasteiger partial charge in [-0.2, -0.15) is 0 Å². The van der Waals surface area contributed by atoms with E-state index in [1.807, 2.05) is 31.2 Å². The molecule has 324 valence electrons. The molecule has 0 amide bonds. The van der Waals surface area contributed by atoms with Crippen molar-refractivity contribution >= 4 is 33.9 Å². The number of rotatable bonds is 8. The van der Waals surface area contributed by atoms with Crippen LogP contribution in [0, 0.1) is 43.6 Å². The van der Waals surface area contributed by atoms with Gasteiger partial charge in [0.2, 0.25) is 0 Å². The average molecular weight is 871 g/mol. The minimum absolute atomic E-state index is 0.00892. The molecule has 0 radical (unpaired) electrons. The summed E-state index contributed by atoms with van der Waals surface area (Å²) in [6.45, 7) is 15.6. The first-order valence-corrected chi connectivity index (χ1v) is 22.4. The Labute approximate surface area is 369 Å².